The van der Waals surface area contributed by atoms with E-state index in [1.165, 1.54) is 12.2 Å². The van der Waals surface area contributed by atoms with Gasteiger partial charge in [0.15, 0.2) is 0 Å². The van der Waals surface area contributed by atoms with Crippen LogP contribution in [0.4, 0.5) is 4.39 Å². The van der Waals surface area contributed by atoms with Crippen LogP contribution in [0, 0.1) is 11.8 Å². The molecule has 0 radical (unpaired) electrons. The molecule has 0 heterocycles. The van der Waals surface area contributed by atoms with Crippen LogP contribution in [0.25, 0.3) is 0 Å². The summed E-state index contributed by atoms with van der Waals surface area (Å²) < 4.78 is 13.1. The molecule has 0 aromatic heterocycles. The molecule has 0 aliphatic heterocycles. The van der Waals surface area contributed by atoms with Crippen LogP contribution >= 0.6 is 0 Å². The van der Waals surface area contributed by atoms with E-state index in [4.69, 9.17) is 5.73 Å². The van der Waals surface area contributed by atoms with Crippen molar-refractivity contribution in [1.29, 1.82) is 0 Å². The summed E-state index contributed by atoms with van der Waals surface area (Å²) in [5, 5.41) is 0. The Morgan fingerprint density at radius 3 is 2.69 bits per heavy atom. The topological polar surface area (TPSA) is 43.1 Å². The zero-order valence-electron chi connectivity index (χ0n) is 7.88. The van der Waals surface area contributed by atoms with E-state index in [1.807, 2.05) is 6.92 Å². The second-order valence-corrected chi connectivity index (χ2v) is 3.34. The summed E-state index contributed by atoms with van der Waals surface area (Å²) >= 11 is 0. The fourth-order valence-corrected chi connectivity index (χ4v) is 1.74. The molecule has 0 spiro atoms. The van der Waals surface area contributed by atoms with E-state index in [-0.39, 0.29) is 17.7 Å². The van der Waals surface area contributed by atoms with Crippen molar-refractivity contribution >= 4 is 5.91 Å². The van der Waals surface area contributed by atoms with Crippen LogP contribution in [0.2, 0.25) is 0 Å². The molecule has 2 unspecified atom stereocenters. The van der Waals surface area contributed by atoms with E-state index in [0.29, 0.717) is 5.57 Å². The summed E-state index contributed by atoms with van der Waals surface area (Å²) in [5.74, 6) is -0.903. The number of carbonyl (C=O) groups excluding carboxylic acids is 1. The first-order valence-corrected chi connectivity index (χ1v) is 4.45. The van der Waals surface area contributed by atoms with Crippen molar-refractivity contribution in [1.82, 2.24) is 0 Å². The molecule has 2 atom stereocenters. The van der Waals surface area contributed by atoms with E-state index in [2.05, 4.69) is 0 Å². The lowest BCUT2D eigenvalue weighted by molar-refractivity contribution is -0.115. The monoisotopic (exact) mass is 183 g/mol. The molecular weight excluding hydrogens is 169 g/mol. The smallest absolute Gasteiger partial charge is 0.244 e. The molecule has 2 N–H and O–H groups in total. The van der Waals surface area contributed by atoms with Crippen LogP contribution in [0.3, 0.4) is 0 Å². The molecule has 1 rings (SSSR count). The molecule has 1 aliphatic rings. The Bertz CT molecular complexity index is 281. The molecule has 0 aromatic carbocycles. The Kier molecular flexibility index (Phi) is 2.86. The van der Waals surface area contributed by atoms with E-state index < -0.39 is 5.91 Å². The maximum absolute atomic E-state index is 13.1. The highest BCUT2D eigenvalue weighted by atomic mass is 19.1. The Morgan fingerprint density at radius 2 is 2.23 bits per heavy atom. The Hall–Kier alpha value is -1.12. The van der Waals surface area contributed by atoms with E-state index >= 15 is 0 Å². The summed E-state index contributed by atoms with van der Waals surface area (Å²) in [6, 6.07) is 0. The van der Waals surface area contributed by atoms with Crippen molar-refractivity contribution in [2.75, 3.05) is 0 Å². The third kappa shape index (κ3) is 1.79. The summed E-state index contributed by atoms with van der Waals surface area (Å²) in [4.78, 5) is 11.0. The number of carbonyl (C=O) groups is 1. The van der Waals surface area contributed by atoms with Crippen LogP contribution in [-0.2, 0) is 4.79 Å². The average Bonchev–Trinajstić information content (AvgIpc) is 2.09. The highest BCUT2D eigenvalue weighted by molar-refractivity contribution is 5.93. The Labute approximate surface area is 77.3 Å². The molecule has 2 nitrogen and oxygen atoms in total. The number of hydrogen-bond donors (Lipinski definition) is 1. The molecule has 0 saturated carbocycles. The van der Waals surface area contributed by atoms with Crippen LogP contribution < -0.4 is 5.73 Å². The maximum Gasteiger partial charge on any atom is 0.244 e. The number of rotatable bonds is 2. The highest BCUT2D eigenvalue weighted by Crippen LogP contribution is 2.33. The fourth-order valence-electron chi connectivity index (χ4n) is 1.74. The number of halogens is 1. The fraction of sp³-hybridized carbons (Fsp3) is 0.500. The molecule has 13 heavy (non-hydrogen) atoms. The lowest BCUT2D eigenvalue weighted by Crippen LogP contribution is -2.26. The van der Waals surface area contributed by atoms with Crippen LogP contribution in [0.1, 0.15) is 20.3 Å². The minimum atomic E-state index is -0.442. The van der Waals surface area contributed by atoms with Gasteiger partial charge in [0.1, 0.15) is 5.83 Å². The second-order valence-electron chi connectivity index (χ2n) is 3.34. The molecule has 1 aliphatic carbocycles. The van der Waals surface area contributed by atoms with Gasteiger partial charge in [-0.25, -0.2) is 4.39 Å². The largest absolute Gasteiger partial charge is 0.366 e. The van der Waals surface area contributed by atoms with Gasteiger partial charge in [0, 0.05) is 11.5 Å². The van der Waals surface area contributed by atoms with Gasteiger partial charge in [-0.2, -0.15) is 0 Å². The minimum absolute atomic E-state index is 0.0671. The Morgan fingerprint density at radius 1 is 1.62 bits per heavy atom. The SMILES string of the molecule is CCC1C(C(N)=O)=CC=C(F)C1C. The number of primary amides is 1. The molecule has 72 valence electrons. The van der Waals surface area contributed by atoms with Gasteiger partial charge in [0.2, 0.25) is 5.91 Å². The van der Waals surface area contributed by atoms with Crippen molar-refractivity contribution < 1.29 is 9.18 Å². The van der Waals surface area contributed by atoms with Gasteiger partial charge in [-0.05, 0) is 18.4 Å². The zero-order chi connectivity index (χ0) is 10.0. The quantitative estimate of drug-likeness (QED) is 0.698. The summed E-state index contributed by atoms with van der Waals surface area (Å²) in [7, 11) is 0. The third-order valence-electron chi connectivity index (χ3n) is 2.58. The third-order valence-corrected chi connectivity index (χ3v) is 2.58. The molecular formula is C10H14FNO. The predicted molar refractivity (Wildman–Crippen MR) is 49.4 cm³/mol. The lowest BCUT2D eigenvalue weighted by atomic mass is 9.80. The summed E-state index contributed by atoms with van der Waals surface area (Å²) in [5.41, 5.74) is 5.72. The summed E-state index contributed by atoms with van der Waals surface area (Å²) in [6.45, 7) is 3.70. The first kappa shape index (κ1) is 9.96. The molecule has 0 bridgehead atoms. The number of amides is 1. The van der Waals surface area contributed by atoms with Gasteiger partial charge >= 0.3 is 0 Å². The van der Waals surface area contributed by atoms with E-state index in [0.717, 1.165) is 6.42 Å². The van der Waals surface area contributed by atoms with Crippen LogP contribution in [0.5, 0.6) is 0 Å². The van der Waals surface area contributed by atoms with Gasteiger partial charge in [0.25, 0.3) is 0 Å². The van der Waals surface area contributed by atoms with Crippen molar-refractivity contribution in [2.24, 2.45) is 17.6 Å². The van der Waals surface area contributed by atoms with E-state index in [1.54, 1.807) is 6.92 Å². The molecule has 3 heteroatoms. The Balaban J connectivity index is 2.99. The first-order chi connectivity index (χ1) is 6.07. The lowest BCUT2D eigenvalue weighted by Gasteiger charge is -2.25. The van der Waals surface area contributed by atoms with Crippen LogP contribution in [0.15, 0.2) is 23.6 Å². The highest BCUT2D eigenvalue weighted by Gasteiger charge is 2.28. The molecule has 0 fully saturated rings. The second kappa shape index (κ2) is 3.73. The molecule has 0 saturated heterocycles. The normalized spacial score (nSPS) is 27.9. The first-order valence-electron chi connectivity index (χ1n) is 4.45. The number of hydrogen-bond acceptors (Lipinski definition) is 1. The number of nitrogens with two attached hydrogens (primary N) is 1. The zero-order valence-corrected chi connectivity index (χ0v) is 7.88. The standard InChI is InChI=1S/C10H14FNO/c1-3-7-6(2)9(11)5-4-8(7)10(12)13/h4-7H,3H2,1-2H3,(H2,12,13). The van der Waals surface area contributed by atoms with Crippen molar-refractivity contribution in [2.45, 2.75) is 20.3 Å². The maximum atomic E-state index is 13.1. The van der Waals surface area contributed by atoms with Gasteiger partial charge < -0.3 is 5.73 Å². The van der Waals surface area contributed by atoms with Crippen molar-refractivity contribution in [3.8, 4) is 0 Å². The average molecular weight is 183 g/mol. The van der Waals surface area contributed by atoms with Gasteiger partial charge in [0.05, 0.1) is 0 Å². The van der Waals surface area contributed by atoms with E-state index in [9.17, 15) is 9.18 Å². The predicted octanol–water partition coefficient (Wildman–Crippen LogP) is 1.93. The molecule has 0 aromatic rings. The summed E-state index contributed by atoms with van der Waals surface area (Å²) in [6.07, 6.45) is 3.56. The van der Waals surface area contributed by atoms with Gasteiger partial charge in [-0.1, -0.05) is 19.9 Å². The number of allylic oxidation sites excluding steroid dienone is 3. The van der Waals surface area contributed by atoms with Crippen molar-refractivity contribution in [3.63, 3.8) is 0 Å². The van der Waals surface area contributed by atoms with Crippen LogP contribution in [-0.4, -0.2) is 5.91 Å². The van der Waals surface area contributed by atoms with Crippen molar-refractivity contribution in [3.05, 3.63) is 23.6 Å². The molecule has 1 amide bonds. The minimum Gasteiger partial charge on any atom is -0.366 e. The van der Waals surface area contributed by atoms with Gasteiger partial charge in [-0.3, -0.25) is 4.79 Å². The van der Waals surface area contributed by atoms with Gasteiger partial charge in [-0.15, -0.1) is 0 Å².